The molecule has 1 spiro atoms. The number of rotatable bonds is 5. The number of hydrogen-bond donors (Lipinski definition) is 2. The highest BCUT2D eigenvalue weighted by Gasteiger charge is 2.53. The Labute approximate surface area is 314 Å². The van der Waals surface area contributed by atoms with Crippen LogP contribution in [0.3, 0.4) is 0 Å². The zero-order valence-corrected chi connectivity index (χ0v) is 31.1. The van der Waals surface area contributed by atoms with Crippen LogP contribution in [0.25, 0.3) is 4.85 Å². The van der Waals surface area contributed by atoms with Gasteiger partial charge in [0, 0.05) is 70.3 Å². The number of amides is 4. The average Bonchev–Trinajstić information content (AvgIpc) is 3.35. The van der Waals surface area contributed by atoms with Crippen LogP contribution in [0, 0.1) is 22.8 Å². The van der Waals surface area contributed by atoms with Crippen LogP contribution in [0.15, 0.2) is 57.9 Å². The maximum Gasteiger partial charge on any atom is 0.379 e. The van der Waals surface area contributed by atoms with Gasteiger partial charge in [-0.1, -0.05) is 18.2 Å². The van der Waals surface area contributed by atoms with Crippen molar-refractivity contribution < 1.29 is 19.2 Å². The average molecular weight is 782 g/mol. The monoisotopic (exact) mass is 780 g/mol. The van der Waals surface area contributed by atoms with E-state index in [0.717, 1.165) is 43.1 Å². The fourth-order valence-corrected chi connectivity index (χ4v) is 8.96. The molecule has 8 rings (SSSR count). The van der Waals surface area contributed by atoms with E-state index in [1.54, 1.807) is 25.4 Å². The number of aromatic nitrogens is 2. The van der Waals surface area contributed by atoms with Gasteiger partial charge in [0.15, 0.2) is 4.47 Å². The van der Waals surface area contributed by atoms with Crippen LogP contribution in [0.5, 0.6) is 0 Å². The highest BCUT2D eigenvalue weighted by atomic mass is 79.9. The summed E-state index contributed by atoms with van der Waals surface area (Å²) in [5.41, 5.74) is 3.71. The largest absolute Gasteiger partial charge is 0.379 e. The Morgan fingerprint density at radius 2 is 1.75 bits per heavy atom. The molecular weight excluding hydrogens is 742 g/mol. The second-order valence-corrected chi connectivity index (χ2v) is 16.0. The standard InChI is InChI=1S/C38H38BrN9O5/c1-44-15-23(13-41-29-14-42-45(2)37(53)32(29)39)11-26(17-44)24-4-6-25(7-5-24)34(50)47-20-38(21-47)18-46(19-38)16-22-3-8-27-28(12-22)36(52)48(35(27)51)30-9-10-31(49)43-33(30)40/h3-8,12,14,23,26,30H,9-11,15-21H2,1-2H3,(H-,40,43,49)/p+1/t23?,26-,30?/m0/s1. The van der Waals surface area contributed by atoms with E-state index >= 15 is 0 Å². The molecule has 5 aliphatic heterocycles. The quantitative estimate of drug-likeness (QED) is 0.375. The third-order valence-electron chi connectivity index (χ3n) is 11.1. The summed E-state index contributed by atoms with van der Waals surface area (Å²) >= 11 is 3.33. The molecule has 53 heavy (non-hydrogen) atoms. The van der Waals surface area contributed by atoms with Crippen molar-refractivity contribution in [3.63, 3.8) is 0 Å². The first-order chi connectivity index (χ1) is 25.4. The van der Waals surface area contributed by atoms with Crippen molar-refractivity contribution in [2.24, 2.45) is 18.4 Å². The highest BCUT2D eigenvalue weighted by molar-refractivity contribution is 9.10. The summed E-state index contributed by atoms with van der Waals surface area (Å²) < 4.78 is 1.62. The van der Waals surface area contributed by atoms with Gasteiger partial charge in [0.1, 0.15) is 18.0 Å². The topological polar surface area (TPSA) is 156 Å². The molecule has 0 bridgehead atoms. The van der Waals surface area contributed by atoms with E-state index in [9.17, 15) is 24.0 Å². The maximum absolute atomic E-state index is 13.4. The number of halogens is 1. The van der Waals surface area contributed by atoms with Crippen molar-refractivity contribution >= 4 is 51.1 Å². The summed E-state index contributed by atoms with van der Waals surface area (Å²) in [6.45, 7) is 5.41. The predicted molar refractivity (Wildman–Crippen MR) is 198 cm³/mol. The lowest BCUT2D eigenvalue weighted by molar-refractivity contribution is -0.120. The lowest BCUT2D eigenvalue weighted by Gasteiger charge is -2.60. The summed E-state index contributed by atoms with van der Waals surface area (Å²) in [7, 11) is 3.67. The molecule has 0 saturated carbocycles. The van der Waals surface area contributed by atoms with Gasteiger partial charge in [-0.25, -0.2) is 4.68 Å². The highest BCUT2D eigenvalue weighted by Crippen LogP contribution is 2.41. The van der Waals surface area contributed by atoms with Gasteiger partial charge in [-0.15, -0.1) is 0 Å². The summed E-state index contributed by atoms with van der Waals surface area (Å²) in [5, 5.41) is 14.6. The van der Waals surface area contributed by atoms with Crippen molar-refractivity contribution in [2.75, 3.05) is 46.3 Å². The second kappa shape index (κ2) is 13.4. The van der Waals surface area contributed by atoms with Crippen LogP contribution >= 0.6 is 15.9 Å². The second-order valence-electron chi connectivity index (χ2n) is 15.2. The molecule has 2 unspecified atom stereocenters. The van der Waals surface area contributed by atoms with E-state index in [-0.39, 0.29) is 53.3 Å². The van der Waals surface area contributed by atoms with E-state index in [1.165, 1.54) is 10.2 Å². The fraction of sp³-hybridized carbons (Fsp3) is 0.421. The molecule has 15 heteroatoms. The predicted octanol–water partition coefficient (Wildman–Crippen LogP) is 3.05. The number of nitrogens with zero attached hydrogens (tertiary/aromatic N) is 7. The number of nitrogens with one attached hydrogen (secondary N) is 2. The Hall–Kier alpha value is -5.04. The molecule has 1 aromatic heterocycles. The minimum Gasteiger partial charge on any atom is -0.337 e. The number of benzene rings is 2. The summed E-state index contributed by atoms with van der Waals surface area (Å²) in [6.07, 6.45) is 2.81. The summed E-state index contributed by atoms with van der Waals surface area (Å²) in [5.74, 6) is -0.902. The number of hydrogen-bond acceptors (Lipinski definition) is 9. The lowest BCUT2D eigenvalue weighted by Crippen LogP contribution is -2.72. The minimum absolute atomic E-state index is 0.0323. The van der Waals surface area contributed by atoms with Crippen LogP contribution in [-0.2, 0) is 18.4 Å². The van der Waals surface area contributed by atoms with Gasteiger partial charge in [-0.3, -0.25) is 39.2 Å². The van der Waals surface area contributed by atoms with Gasteiger partial charge in [-0.05, 0) is 82.0 Å². The van der Waals surface area contributed by atoms with Crippen LogP contribution in [0.2, 0.25) is 0 Å². The van der Waals surface area contributed by atoms with Crippen molar-refractivity contribution in [3.05, 3.63) is 96.2 Å². The molecule has 0 aliphatic carbocycles. The number of likely N-dealkylation sites (tertiary alicyclic amines) is 3. The molecule has 4 fully saturated rings. The van der Waals surface area contributed by atoms with Gasteiger partial charge in [-0.2, -0.15) is 5.10 Å². The van der Waals surface area contributed by atoms with Crippen molar-refractivity contribution in [3.8, 4) is 6.07 Å². The van der Waals surface area contributed by atoms with Gasteiger partial charge in [0.2, 0.25) is 5.91 Å². The Morgan fingerprint density at radius 3 is 2.49 bits per heavy atom. The molecule has 3 aromatic rings. The number of piperidine rings is 2. The number of imide groups is 1. The maximum atomic E-state index is 13.4. The lowest BCUT2D eigenvalue weighted by atomic mass is 9.72. The number of amidine groups is 1. The molecule has 6 heterocycles. The molecule has 3 atom stereocenters. The van der Waals surface area contributed by atoms with Crippen LogP contribution < -0.4 is 10.9 Å². The molecule has 2 aromatic carbocycles. The van der Waals surface area contributed by atoms with Crippen molar-refractivity contribution in [1.29, 1.82) is 5.41 Å². The van der Waals surface area contributed by atoms with Gasteiger partial charge < -0.3 is 15.1 Å². The van der Waals surface area contributed by atoms with E-state index in [1.807, 2.05) is 23.1 Å². The molecule has 14 nitrogen and oxygen atoms in total. The van der Waals surface area contributed by atoms with E-state index in [0.29, 0.717) is 46.5 Å². The number of likely N-dealkylation sites (N-methyl/N-ethyl adjacent to an activating group) is 1. The first-order valence-corrected chi connectivity index (χ1v) is 18.5. The van der Waals surface area contributed by atoms with E-state index in [4.69, 9.17) is 5.41 Å². The molecular formula is C38H39BrN9O5+. The molecule has 4 saturated heterocycles. The van der Waals surface area contributed by atoms with Gasteiger partial charge >= 0.3 is 5.69 Å². The zero-order valence-electron chi connectivity index (χ0n) is 29.5. The number of fused-ring (bicyclic) bond motifs is 1. The molecule has 0 radical (unpaired) electrons. The van der Waals surface area contributed by atoms with Crippen molar-refractivity contribution in [2.45, 2.75) is 37.8 Å². The van der Waals surface area contributed by atoms with E-state index in [2.05, 4.69) is 66.2 Å². The molecule has 5 aliphatic rings. The minimum atomic E-state index is -0.765. The molecule has 4 amide bonds. The van der Waals surface area contributed by atoms with Crippen LogP contribution in [0.1, 0.15) is 67.4 Å². The SMILES string of the molecule is CN1CC(C#[N+]c2cnn(C)c(=O)c2Br)C[C@H](c2ccc(C(=O)N3CC4(CN(Cc5ccc6c(c5)C(=O)N(C5CCC(=O)NC5=N)C6=O)C4)C3)cc2)C1. The Balaban J connectivity index is 0.834. The third kappa shape index (κ3) is 6.49. The van der Waals surface area contributed by atoms with E-state index < -0.39 is 17.9 Å². The Kier molecular flexibility index (Phi) is 8.87. The normalized spacial score (nSPS) is 23.9. The Morgan fingerprint density at radius 1 is 1.02 bits per heavy atom. The summed E-state index contributed by atoms with van der Waals surface area (Å²) in [4.78, 5) is 75.6. The number of carbonyl (C=O) groups is 4. The first-order valence-electron chi connectivity index (χ1n) is 17.8. The zero-order chi connectivity index (χ0) is 37.2. The third-order valence-corrected chi connectivity index (χ3v) is 11.8. The fourth-order valence-electron chi connectivity index (χ4n) is 8.51. The molecule has 272 valence electrons. The Bertz CT molecular complexity index is 2200. The van der Waals surface area contributed by atoms with Gasteiger partial charge in [0.05, 0.1) is 17.2 Å². The van der Waals surface area contributed by atoms with Crippen molar-refractivity contribution in [1.82, 2.24) is 34.7 Å². The number of carbonyl (C=O) groups excluding carboxylic acids is 4. The number of aryl methyl sites for hydroxylation is 1. The van der Waals surface area contributed by atoms with Crippen LogP contribution in [-0.4, -0.2) is 111 Å². The van der Waals surface area contributed by atoms with Crippen LogP contribution in [0.4, 0.5) is 5.69 Å². The molecule has 2 N–H and O–H groups in total. The first kappa shape index (κ1) is 35.0. The van der Waals surface area contributed by atoms with Gasteiger partial charge in [0.25, 0.3) is 29.4 Å². The smallest absolute Gasteiger partial charge is 0.337 e. The summed E-state index contributed by atoms with van der Waals surface area (Å²) in [6, 6.07) is 15.8.